The van der Waals surface area contributed by atoms with E-state index in [0.717, 1.165) is 23.4 Å². The summed E-state index contributed by atoms with van der Waals surface area (Å²) in [4.78, 5) is 9.76. The second-order valence-electron chi connectivity index (χ2n) is 7.35. The normalized spacial score (nSPS) is 21.6. The van der Waals surface area contributed by atoms with Crippen molar-refractivity contribution >= 4 is 6.47 Å². The Balaban J connectivity index is 0.000000180. The van der Waals surface area contributed by atoms with Gasteiger partial charge in [-0.2, -0.15) is 0 Å². The van der Waals surface area contributed by atoms with Crippen molar-refractivity contribution in [1.82, 2.24) is 10.6 Å². The Kier molecular flexibility index (Phi) is 7.87. The monoisotopic (exact) mass is 366 g/mol. The topological polar surface area (TPSA) is 50.4 Å². The van der Waals surface area contributed by atoms with Gasteiger partial charge in [-0.25, -0.2) is 0 Å². The van der Waals surface area contributed by atoms with Gasteiger partial charge in [0.25, 0.3) is 6.47 Å². The van der Waals surface area contributed by atoms with E-state index in [1.807, 2.05) is 30.3 Å². The zero-order valence-electron chi connectivity index (χ0n) is 15.8. The molecule has 1 heterocycles. The SMILES string of the molecule is O=COCc1ccccc1.c1ccc([C@@H]2C[C@H]2NCC2CCNCC2)cc1. The zero-order valence-corrected chi connectivity index (χ0v) is 15.8. The molecule has 0 spiro atoms. The van der Waals surface area contributed by atoms with Crippen LogP contribution in [-0.4, -0.2) is 32.1 Å². The third-order valence-electron chi connectivity index (χ3n) is 5.31. The lowest BCUT2D eigenvalue weighted by Crippen LogP contribution is -2.34. The highest BCUT2D eigenvalue weighted by Gasteiger charge is 2.37. The Morgan fingerprint density at radius 1 is 1.00 bits per heavy atom. The van der Waals surface area contributed by atoms with Gasteiger partial charge in [0.1, 0.15) is 6.61 Å². The highest BCUT2D eigenvalue weighted by Crippen LogP contribution is 2.40. The molecule has 27 heavy (non-hydrogen) atoms. The molecule has 4 nitrogen and oxygen atoms in total. The number of rotatable bonds is 7. The lowest BCUT2D eigenvalue weighted by molar-refractivity contribution is -0.129. The number of carbonyl (C=O) groups excluding carboxylic acids is 1. The summed E-state index contributed by atoms with van der Waals surface area (Å²) in [5.74, 6) is 1.67. The molecule has 0 amide bonds. The van der Waals surface area contributed by atoms with Crippen LogP contribution in [0.1, 0.15) is 36.3 Å². The van der Waals surface area contributed by atoms with E-state index in [0.29, 0.717) is 13.1 Å². The molecule has 4 rings (SSSR count). The van der Waals surface area contributed by atoms with E-state index < -0.39 is 0 Å². The Labute approximate surface area is 162 Å². The van der Waals surface area contributed by atoms with Gasteiger partial charge in [-0.05, 0) is 55.9 Å². The van der Waals surface area contributed by atoms with Crippen LogP contribution in [-0.2, 0) is 16.1 Å². The molecule has 0 aromatic heterocycles. The van der Waals surface area contributed by atoms with Gasteiger partial charge in [0.05, 0.1) is 0 Å². The Bertz CT molecular complexity index is 657. The van der Waals surface area contributed by atoms with E-state index in [-0.39, 0.29) is 0 Å². The molecule has 2 aromatic carbocycles. The van der Waals surface area contributed by atoms with Crippen LogP contribution < -0.4 is 10.6 Å². The number of ether oxygens (including phenoxy) is 1. The van der Waals surface area contributed by atoms with E-state index in [1.165, 1.54) is 44.5 Å². The van der Waals surface area contributed by atoms with Crippen molar-refractivity contribution in [3.63, 3.8) is 0 Å². The summed E-state index contributed by atoms with van der Waals surface area (Å²) in [7, 11) is 0. The average molecular weight is 367 g/mol. The minimum Gasteiger partial charge on any atom is -0.463 e. The summed E-state index contributed by atoms with van der Waals surface area (Å²) >= 11 is 0. The molecule has 2 atom stereocenters. The van der Waals surface area contributed by atoms with Crippen molar-refractivity contribution in [3.05, 3.63) is 71.8 Å². The van der Waals surface area contributed by atoms with Crippen LogP contribution in [0.3, 0.4) is 0 Å². The van der Waals surface area contributed by atoms with Crippen molar-refractivity contribution in [2.24, 2.45) is 5.92 Å². The molecular formula is C23H30N2O2. The van der Waals surface area contributed by atoms with E-state index in [4.69, 9.17) is 0 Å². The maximum atomic E-state index is 9.76. The molecular weight excluding hydrogens is 336 g/mol. The number of piperidine rings is 1. The average Bonchev–Trinajstić information content (AvgIpc) is 3.53. The van der Waals surface area contributed by atoms with Gasteiger partial charge < -0.3 is 15.4 Å². The minimum atomic E-state index is 0.365. The first-order chi connectivity index (χ1) is 13.4. The number of hydrogen-bond acceptors (Lipinski definition) is 4. The molecule has 1 saturated carbocycles. The number of hydrogen-bond donors (Lipinski definition) is 2. The maximum Gasteiger partial charge on any atom is 0.293 e. The second kappa shape index (κ2) is 10.9. The van der Waals surface area contributed by atoms with Crippen molar-refractivity contribution < 1.29 is 9.53 Å². The Morgan fingerprint density at radius 2 is 1.67 bits per heavy atom. The van der Waals surface area contributed by atoms with Crippen LogP contribution in [0.4, 0.5) is 0 Å². The fourth-order valence-corrected chi connectivity index (χ4v) is 3.60. The fraction of sp³-hybridized carbons (Fsp3) is 0.435. The maximum absolute atomic E-state index is 9.76. The van der Waals surface area contributed by atoms with Gasteiger partial charge in [-0.1, -0.05) is 60.7 Å². The van der Waals surface area contributed by atoms with Crippen LogP contribution in [0.25, 0.3) is 0 Å². The van der Waals surface area contributed by atoms with Gasteiger partial charge in [0, 0.05) is 12.0 Å². The predicted molar refractivity (Wildman–Crippen MR) is 108 cm³/mol. The summed E-state index contributed by atoms with van der Waals surface area (Å²) in [6.07, 6.45) is 4.01. The molecule has 0 bridgehead atoms. The highest BCUT2D eigenvalue weighted by molar-refractivity contribution is 5.37. The molecule has 2 aliphatic rings. The van der Waals surface area contributed by atoms with Crippen LogP contribution in [0, 0.1) is 5.92 Å². The molecule has 2 N–H and O–H groups in total. The number of benzene rings is 2. The lowest BCUT2D eigenvalue weighted by atomic mass is 9.98. The first kappa shape index (κ1) is 19.6. The molecule has 144 valence electrons. The first-order valence-corrected chi connectivity index (χ1v) is 9.95. The molecule has 1 aliphatic carbocycles. The van der Waals surface area contributed by atoms with Crippen molar-refractivity contribution in [2.75, 3.05) is 19.6 Å². The largest absolute Gasteiger partial charge is 0.463 e. The zero-order chi connectivity index (χ0) is 18.7. The molecule has 4 heteroatoms. The molecule has 1 saturated heterocycles. The Hall–Kier alpha value is -2.17. The molecule has 2 fully saturated rings. The number of nitrogens with one attached hydrogen (secondary N) is 2. The van der Waals surface area contributed by atoms with Crippen molar-refractivity contribution in [3.8, 4) is 0 Å². The second-order valence-corrected chi connectivity index (χ2v) is 7.35. The van der Waals surface area contributed by atoms with Crippen LogP contribution in [0.5, 0.6) is 0 Å². The van der Waals surface area contributed by atoms with E-state index in [1.54, 1.807) is 0 Å². The molecule has 0 radical (unpaired) electrons. The van der Waals surface area contributed by atoms with Gasteiger partial charge in [0.15, 0.2) is 0 Å². The van der Waals surface area contributed by atoms with Crippen molar-refractivity contribution in [1.29, 1.82) is 0 Å². The van der Waals surface area contributed by atoms with Crippen molar-refractivity contribution in [2.45, 2.75) is 37.8 Å². The summed E-state index contributed by atoms with van der Waals surface area (Å²) in [5.41, 5.74) is 2.52. The standard InChI is InChI=1S/C15H22N2.C8H8O2/c1-2-4-13(5-3-1)14-10-15(14)17-11-12-6-8-16-9-7-12;9-7-10-6-8-4-2-1-3-5-8/h1-5,12,14-17H,6-11H2;1-5,7H,6H2/t14-,15+;/m0./s1. The number of carbonyl (C=O) groups is 1. The first-order valence-electron chi connectivity index (χ1n) is 9.95. The van der Waals surface area contributed by atoms with Gasteiger partial charge in [0.2, 0.25) is 0 Å². The van der Waals surface area contributed by atoms with E-state index in [9.17, 15) is 4.79 Å². The van der Waals surface area contributed by atoms with E-state index in [2.05, 4.69) is 45.7 Å². The summed E-state index contributed by atoms with van der Waals surface area (Å²) in [5, 5.41) is 7.17. The fourth-order valence-electron chi connectivity index (χ4n) is 3.60. The van der Waals surface area contributed by atoms with Crippen LogP contribution >= 0.6 is 0 Å². The van der Waals surface area contributed by atoms with Crippen LogP contribution in [0.2, 0.25) is 0 Å². The van der Waals surface area contributed by atoms with E-state index >= 15 is 0 Å². The highest BCUT2D eigenvalue weighted by atomic mass is 16.5. The quantitative estimate of drug-likeness (QED) is 0.737. The third-order valence-corrected chi connectivity index (χ3v) is 5.31. The molecule has 0 unspecified atom stereocenters. The van der Waals surface area contributed by atoms with Gasteiger partial charge in [-0.15, -0.1) is 0 Å². The smallest absolute Gasteiger partial charge is 0.293 e. The lowest BCUT2D eigenvalue weighted by Gasteiger charge is -2.22. The molecule has 1 aliphatic heterocycles. The van der Waals surface area contributed by atoms with Gasteiger partial charge >= 0.3 is 0 Å². The van der Waals surface area contributed by atoms with Crippen LogP contribution in [0.15, 0.2) is 60.7 Å². The summed E-state index contributed by atoms with van der Waals surface area (Å²) in [6, 6.07) is 21.2. The summed E-state index contributed by atoms with van der Waals surface area (Å²) < 4.78 is 4.54. The van der Waals surface area contributed by atoms with Gasteiger partial charge in [-0.3, -0.25) is 4.79 Å². The Morgan fingerprint density at radius 3 is 2.33 bits per heavy atom. The predicted octanol–water partition coefficient (Wildman–Crippen LogP) is 3.49. The summed E-state index contributed by atoms with van der Waals surface area (Å²) in [6.45, 7) is 4.45. The molecule has 2 aromatic rings. The third kappa shape index (κ3) is 6.81. The minimum absolute atomic E-state index is 0.365.